The fraction of sp³-hybridized carbons (Fsp3) is 0.200. The molecule has 1 atom stereocenters. The molecule has 0 fully saturated rings. The third-order valence-corrected chi connectivity index (χ3v) is 2.37. The van der Waals surface area contributed by atoms with Crippen molar-refractivity contribution >= 4 is 27.8 Å². The van der Waals surface area contributed by atoms with Crippen molar-refractivity contribution in [3.05, 3.63) is 28.2 Å². The van der Waals surface area contributed by atoms with Gasteiger partial charge in [0.05, 0.1) is 0 Å². The monoisotopic (exact) mass is 287 g/mol. The van der Waals surface area contributed by atoms with E-state index in [1.54, 1.807) is 6.07 Å². The highest BCUT2D eigenvalue weighted by molar-refractivity contribution is 9.10. The number of ether oxygens (including phenoxy) is 1. The fourth-order valence-electron chi connectivity index (χ4n) is 1.02. The molecule has 1 rings (SSSR count). The van der Waals surface area contributed by atoms with Gasteiger partial charge in [0, 0.05) is 4.47 Å². The molecule has 0 saturated heterocycles. The lowest BCUT2D eigenvalue weighted by molar-refractivity contribution is -0.124. The number of benzene rings is 1. The zero-order valence-corrected chi connectivity index (χ0v) is 10.0. The van der Waals surface area contributed by atoms with E-state index in [-0.39, 0.29) is 11.3 Å². The summed E-state index contributed by atoms with van der Waals surface area (Å²) in [7, 11) is 0. The summed E-state index contributed by atoms with van der Waals surface area (Å²) < 4.78 is 5.76. The molecule has 0 heterocycles. The topological polar surface area (TPSA) is 89.6 Å². The first-order valence-corrected chi connectivity index (χ1v) is 5.20. The number of aromatic carboxylic acids is 1. The number of carboxylic acids is 1. The molecule has 0 aliphatic carbocycles. The molecule has 16 heavy (non-hydrogen) atoms. The van der Waals surface area contributed by atoms with E-state index in [0.29, 0.717) is 4.47 Å². The van der Waals surface area contributed by atoms with E-state index >= 15 is 0 Å². The van der Waals surface area contributed by atoms with E-state index in [4.69, 9.17) is 15.6 Å². The van der Waals surface area contributed by atoms with Crippen molar-refractivity contribution in [2.45, 2.75) is 13.0 Å². The van der Waals surface area contributed by atoms with E-state index < -0.39 is 18.0 Å². The van der Waals surface area contributed by atoms with E-state index in [1.807, 2.05) is 0 Å². The highest BCUT2D eigenvalue weighted by Gasteiger charge is 2.16. The predicted octanol–water partition coefficient (Wildman–Crippen LogP) is 1.40. The average molecular weight is 288 g/mol. The van der Waals surface area contributed by atoms with Gasteiger partial charge in [0.25, 0.3) is 5.91 Å². The predicted molar refractivity (Wildman–Crippen MR) is 60.4 cm³/mol. The number of carbonyl (C=O) groups excluding carboxylic acids is 1. The van der Waals surface area contributed by atoms with Crippen LogP contribution in [0.2, 0.25) is 0 Å². The molecule has 0 saturated carbocycles. The number of carbonyl (C=O) groups is 2. The molecule has 0 aromatic heterocycles. The minimum atomic E-state index is -1.13. The van der Waals surface area contributed by atoms with Crippen molar-refractivity contribution in [2.75, 3.05) is 0 Å². The van der Waals surface area contributed by atoms with Crippen LogP contribution in [0.3, 0.4) is 0 Å². The fourth-order valence-corrected chi connectivity index (χ4v) is 1.38. The maximum atomic E-state index is 10.9. The van der Waals surface area contributed by atoms with Crippen LogP contribution in [0.5, 0.6) is 5.75 Å². The van der Waals surface area contributed by atoms with Gasteiger partial charge >= 0.3 is 5.97 Å². The lowest BCUT2D eigenvalue weighted by Crippen LogP contribution is -2.31. The van der Waals surface area contributed by atoms with Crippen LogP contribution in [-0.4, -0.2) is 23.1 Å². The van der Waals surface area contributed by atoms with Gasteiger partial charge in [-0.05, 0) is 25.1 Å². The largest absolute Gasteiger partial charge is 0.480 e. The number of hydrogen-bond acceptors (Lipinski definition) is 3. The normalized spacial score (nSPS) is 11.9. The maximum absolute atomic E-state index is 10.9. The summed E-state index contributed by atoms with van der Waals surface area (Å²) in [6, 6.07) is 4.48. The molecule has 5 nitrogen and oxygen atoms in total. The first-order valence-electron chi connectivity index (χ1n) is 4.40. The molecule has 0 aliphatic rings. The number of primary amides is 1. The lowest BCUT2D eigenvalue weighted by atomic mass is 10.2. The second-order valence-electron chi connectivity index (χ2n) is 3.11. The van der Waals surface area contributed by atoms with Crippen LogP contribution in [-0.2, 0) is 4.79 Å². The summed E-state index contributed by atoms with van der Waals surface area (Å²) in [6.45, 7) is 1.45. The van der Waals surface area contributed by atoms with Crippen LogP contribution in [0.25, 0.3) is 0 Å². The lowest BCUT2D eigenvalue weighted by Gasteiger charge is -2.13. The molecule has 0 spiro atoms. The minimum absolute atomic E-state index is 0.0255. The molecule has 0 aliphatic heterocycles. The molecule has 86 valence electrons. The number of nitrogens with two attached hydrogens (primary N) is 1. The molecule has 6 heteroatoms. The van der Waals surface area contributed by atoms with Crippen molar-refractivity contribution in [1.82, 2.24) is 0 Å². The van der Waals surface area contributed by atoms with Gasteiger partial charge in [-0.1, -0.05) is 15.9 Å². The molecule has 0 radical (unpaired) electrons. The average Bonchev–Trinajstić information content (AvgIpc) is 2.20. The number of hydrogen-bond donors (Lipinski definition) is 2. The van der Waals surface area contributed by atoms with E-state index in [1.165, 1.54) is 19.1 Å². The second-order valence-corrected chi connectivity index (χ2v) is 4.02. The first-order chi connectivity index (χ1) is 7.41. The Morgan fingerprint density at radius 2 is 2.12 bits per heavy atom. The third-order valence-electron chi connectivity index (χ3n) is 1.88. The molecule has 1 unspecified atom stereocenters. The molecule has 1 aromatic rings. The molecule has 3 N–H and O–H groups in total. The number of carboxylic acid groups (broad SMARTS) is 1. The molecule has 1 amide bonds. The molecular weight excluding hydrogens is 278 g/mol. The first kappa shape index (κ1) is 12.5. The van der Waals surface area contributed by atoms with Gasteiger partial charge < -0.3 is 15.6 Å². The van der Waals surface area contributed by atoms with Gasteiger partial charge in [0.15, 0.2) is 6.10 Å². The van der Waals surface area contributed by atoms with Crippen LogP contribution in [0.1, 0.15) is 17.3 Å². The summed E-state index contributed by atoms with van der Waals surface area (Å²) in [5.74, 6) is -1.67. The summed E-state index contributed by atoms with van der Waals surface area (Å²) in [5, 5.41) is 8.92. The van der Waals surface area contributed by atoms with E-state index in [9.17, 15) is 9.59 Å². The summed E-state index contributed by atoms with van der Waals surface area (Å²) in [6.07, 6.45) is -0.876. The summed E-state index contributed by atoms with van der Waals surface area (Å²) in [4.78, 5) is 21.7. The highest BCUT2D eigenvalue weighted by Crippen LogP contribution is 2.24. The van der Waals surface area contributed by atoms with Gasteiger partial charge in [0.2, 0.25) is 0 Å². The zero-order chi connectivity index (χ0) is 12.3. The standard InChI is InChI=1S/C10H10BrNO4/c1-5(9(12)13)16-8-3-2-6(11)4-7(8)10(14)15/h2-5H,1H3,(H2,12,13)(H,14,15). The Bertz CT molecular complexity index is 433. The van der Waals surface area contributed by atoms with Crippen LogP contribution < -0.4 is 10.5 Å². The Hall–Kier alpha value is -1.56. The van der Waals surface area contributed by atoms with Gasteiger partial charge in [-0.25, -0.2) is 4.79 Å². The van der Waals surface area contributed by atoms with Crippen molar-refractivity contribution in [2.24, 2.45) is 5.73 Å². The number of halogens is 1. The molecule has 1 aromatic carbocycles. The van der Waals surface area contributed by atoms with Gasteiger partial charge in [0.1, 0.15) is 11.3 Å². The maximum Gasteiger partial charge on any atom is 0.339 e. The van der Waals surface area contributed by atoms with Crippen LogP contribution in [0, 0.1) is 0 Å². The highest BCUT2D eigenvalue weighted by atomic mass is 79.9. The van der Waals surface area contributed by atoms with Crippen molar-refractivity contribution in [1.29, 1.82) is 0 Å². The Labute approximate surface area is 100 Å². The van der Waals surface area contributed by atoms with Crippen LogP contribution in [0.15, 0.2) is 22.7 Å². The number of rotatable bonds is 4. The Morgan fingerprint density at radius 3 is 2.62 bits per heavy atom. The Morgan fingerprint density at radius 1 is 1.50 bits per heavy atom. The van der Waals surface area contributed by atoms with Crippen molar-refractivity contribution in [3.63, 3.8) is 0 Å². The van der Waals surface area contributed by atoms with Crippen LogP contribution >= 0.6 is 15.9 Å². The smallest absolute Gasteiger partial charge is 0.339 e. The molecular formula is C10H10BrNO4. The van der Waals surface area contributed by atoms with Gasteiger partial charge in [-0.15, -0.1) is 0 Å². The Balaban J connectivity index is 3.04. The third kappa shape index (κ3) is 2.96. The van der Waals surface area contributed by atoms with Crippen molar-refractivity contribution < 1.29 is 19.4 Å². The number of amides is 1. The van der Waals surface area contributed by atoms with E-state index in [0.717, 1.165) is 0 Å². The SMILES string of the molecule is CC(Oc1ccc(Br)cc1C(=O)O)C(N)=O. The van der Waals surface area contributed by atoms with Gasteiger partial charge in [-0.2, -0.15) is 0 Å². The summed E-state index contributed by atoms with van der Waals surface area (Å²) in [5.41, 5.74) is 4.99. The quantitative estimate of drug-likeness (QED) is 0.876. The van der Waals surface area contributed by atoms with E-state index in [2.05, 4.69) is 15.9 Å². The zero-order valence-electron chi connectivity index (χ0n) is 8.44. The summed E-state index contributed by atoms with van der Waals surface area (Å²) >= 11 is 3.15. The van der Waals surface area contributed by atoms with Crippen molar-refractivity contribution in [3.8, 4) is 5.75 Å². The second kappa shape index (κ2) is 4.98. The van der Waals surface area contributed by atoms with Crippen LogP contribution in [0.4, 0.5) is 0 Å². The minimum Gasteiger partial charge on any atom is -0.480 e. The van der Waals surface area contributed by atoms with Gasteiger partial charge in [-0.3, -0.25) is 4.79 Å². The Kier molecular flexibility index (Phi) is 3.89. The molecule has 0 bridgehead atoms.